The summed E-state index contributed by atoms with van der Waals surface area (Å²) >= 11 is 6.19. The predicted molar refractivity (Wildman–Crippen MR) is 99.9 cm³/mol. The molecule has 25 heavy (non-hydrogen) atoms. The van der Waals surface area contributed by atoms with Gasteiger partial charge in [0, 0.05) is 11.6 Å². The molecule has 2 aromatic carbocycles. The minimum absolute atomic E-state index is 0.456. The van der Waals surface area contributed by atoms with E-state index in [0.29, 0.717) is 28.9 Å². The number of aromatic nitrogens is 4. The van der Waals surface area contributed by atoms with E-state index >= 15 is 0 Å². The average Bonchev–Trinajstić information content (AvgIpc) is 3.06. The van der Waals surface area contributed by atoms with E-state index in [4.69, 9.17) is 17.3 Å². The Hall–Kier alpha value is -3.12. The third-order valence-corrected chi connectivity index (χ3v) is 4.32. The number of imidazole rings is 1. The fourth-order valence-corrected chi connectivity index (χ4v) is 2.87. The van der Waals surface area contributed by atoms with Crippen molar-refractivity contribution in [2.75, 3.05) is 11.1 Å². The maximum atomic E-state index is 6.30. The van der Waals surface area contributed by atoms with E-state index in [9.17, 15) is 0 Å². The molecule has 4 aromatic rings. The van der Waals surface area contributed by atoms with Crippen molar-refractivity contribution >= 4 is 34.1 Å². The molecule has 0 aliphatic heterocycles. The second kappa shape index (κ2) is 6.41. The van der Waals surface area contributed by atoms with Gasteiger partial charge in [-0.05, 0) is 23.8 Å². The summed E-state index contributed by atoms with van der Waals surface area (Å²) in [5.41, 5.74) is 9.54. The minimum Gasteiger partial charge on any atom is -0.393 e. The third-order valence-electron chi connectivity index (χ3n) is 3.95. The van der Waals surface area contributed by atoms with Crippen molar-refractivity contribution < 1.29 is 0 Å². The van der Waals surface area contributed by atoms with Gasteiger partial charge in [0.15, 0.2) is 11.6 Å². The number of rotatable bonds is 4. The van der Waals surface area contributed by atoms with E-state index in [1.54, 1.807) is 6.33 Å². The van der Waals surface area contributed by atoms with Crippen molar-refractivity contribution in [2.24, 2.45) is 0 Å². The molecule has 0 saturated heterocycles. The van der Waals surface area contributed by atoms with Crippen molar-refractivity contribution in [1.29, 1.82) is 0 Å². The lowest BCUT2D eigenvalue weighted by Gasteiger charge is -2.12. The van der Waals surface area contributed by atoms with Crippen LogP contribution in [0.25, 0.3) is 16.9 Å². The van der Waals surface area contributed by atoms with E-state index in [-0.39, 0.29) is 0 Å². The van der Waals surface area contributed by atoms with Crippen LogP contribution in [0, 0.1) is 0 Å². The highest BCUT2D eigenvalue weighted by Gasteiger charge is 2.12. The molecule has 0 atom stereocenters. The van der Waals surface area contributed by atoms with Gasteiger partial charge in [-0.25, -0.2) is 15.0 Å². The molecule has 0 aliphatic carbocycles. The summed E-state index contributed by atoms with van der Waals surface area (Å²) in [4.78, 5) is 13.0. The summed E-state index contributed by atoms with van der Waals surface area (Å²) in [6, 6.07) is 15.5. The van der Waals surface area contributed by atoms with Gasteiger partial charge in [0.05, 0.1) is 11.0 Å². The van der Waals surface area contributed by atoms with Crippen molar-refractivity contribution in [2.45, 2.75) is 6.54 Å². The zero-order valence-corrected chi connectivity index (χ0v) is 14.0. The summed E-state index contributed by atoms with van der Waals surface area (Å²) in [7, 11) is 0. The molecule has 0 bridgehead atoms. The second-order valence-electron chi connectivity index (χ2n) is 5.51. The SMILES string of the molecule is Nc1c(NCc2ccccc2Cl)ncnc1-n1cnc2ccccc21. The second-order valence-corrected chi connectivity index (χ2v) is 5.92. The van der Waals surface area contributed by atoms with Crippen LogP contribution in [0.15, 0.2) is 61.2 Å². The fourth-order valence-electron chi connectivity index (χ4n) is 2.67. The highest BCUT2D eigenvalue weighted by Crippen LogP contribution is 2.26. The highest BCUT2D eigenvalue weighted by atomic mass is 35.5. The Morgan fingerprint density at radius 2 is 1.80 bits per heavy atom. The quantitative estimate of drug-likeness (QED) is 0.587. The first kappa shape index (κ1) is 15.4. The van der Waals surface area contributed by atoms with Gasteiger partial charge < -0.3 is 11.1 Å². The standard InChI is InChI=1S/C18H15ClN6/c19-13-6-2-1-5-12(13)9-21-17-16(20)18(23-10-22-17)25-11-24-14-7-3-4-8-15(14)25/h1-8,10-11H,9,20H2,(H,21,22,23). The van der Waals surface area contributed by atoms with E-state index in [0.717, 1.165) is 16.6 Å². The summed E-state index contributed by atoms with van der Waals surface area (Å²) in [6.45, 7) is 0.519. The van der Waals surface area contributed by atoms with Crippen LogP contribution in [-0.2, 0) is 6.54 Å². The summed E-state index contributed by atoms with van der Waals surface area (Å²) in [5.74, 6) is 1.15. The van der Waals surface area contributed by atoms with E-state index in [1.165, 1.54) is 6.33 Å². The minimum atomic E-state index is 0.456. The number of nitrogens with two attached hydrogens (primary N) is 1. The number of nitrogens with zero attached hydrogens (tertiary/aromatic N) is 4. The van der Waals surface area contributed by atoms with Crippen molar-refractivity contribution in [3.05, 3.63) is 71.8 Å². The molecule has 0 radical (unpaired) electrons. The number of nitrogens with one attached hydrogen (secondary N) is 1. The Kier molecular flexibility index (Phi) is 3.95. The number of anilines is 2. The normalized spacial score (nSPS) is 10.9. The number of fused-ring (bicyclic) bond motifs is 1. The van der Waals surface area contributed by atoms with Gasteiger partial charge in [-0.1, -0.05) is 41.9 Å². The zero-order valence-electron chi connectivity index (χ0n) is 13.2. The zero-order chi connectivity index (χ0) is 17.2. The first-order valence-electron chi connectivity index (χ1n) is 7.74. The largest absolute Gasteiger partial charge is 0.393 e. The Labute approximate surface area is 149 Å². The van der Waals surface area contributed by atoms with Crippen LogP contribution in [0.2, 0.25) is 5.02 Å². The van der Waals surface area contributed by atoms with Gasteiger partial charge in [0.1, 0.15) is 18.3 Å². The molecule has 0 amide bonds. The molecule has 4 rings (SSSR count). The molecule has 0 fully saturated rings. The molecule has 7 heteroatoms. The summed E-state index contributed by atoms with van der Waals surface area (Å²) < 4.78 is 1.85. The first-order chi connectivity index (χ1) is 12.2. The molecule has 2 aromatic heterocycles. The highest BCUT2D eigenvalue weighted by molar-refractivity contribution is 6.31. The number of nitrogen functional groups attached to an aromatic ring is 1. The van der Waals surface area contributed by atoms with Crippen LogP contribution in [0.3, 0.4) is 0 Å². The summed E-state index contributed by atoms with van der Waals surface area (Å²) in [5, 5.41) is 3.92. The molecular weight excluding hydrogens is 336 g/mol. The van der Waals surface area contributed by atoms with Gasteiger partial charge in [-0.3, -0.25) is 4.57 Å². The first-order valence-corrected chi connectivity index (χ1v) is 8.12. The molecule has 124 valence electrons. The Morgan fingerprint density at radius 3 is 2.68 bits per heavy atom. The Balaban J connectivity index is 1.68. The molecule has 3 N–H and O–H groups in total. The van der Waals surface area contributed by atoms with Crippen molar-refractivity contribution in [3.63, 3.8) is 0 Å². The fraction of sp³-hybridized carbons (Fsp3) is 0.0556. The number of benzene rings is 2. The van der Waals surface area contributed by atoms with Crippen molar-refractivity contribution in [3.8, 4) is 5.82 Å². The van der Waals surface area contributed by atoms with Gasteiger partial charge >= 0.3 is 0 Å². The monoisotopic (exact) mass is 350 g/mol. The smallest absolute Gasteiger partial charge is 0.167 e. The third kappa shape index (κ3) is 2.88. The average molecular weight is 351 g/mol. The van der Waals surface area contributed by atoms with Crippen LogP contribution in [0.5, 0.6) is 0 Å². The Morgan fingerprint density at radius 1 is 1.00 bits per heavy atom. The van der Waals surface area contributed by atoms with Crippen LogP contribution in [0.4, 0.5) is 11.5 Å². The number of halogens is 1. The van der Waals surface area contributed by atoms with Gasteiger partial charge in [-0.2, -0.15) is 0 Å². The topological polar surface area (TPSA) is 81.6 Å². The Bertz CT molecular complexity index is 1040. The van der Waals surface area contributed by atoms with E-state index < -0.39 is 0 Å². The van der Waals surface area contributed by atoms with Crippen LogP contribution in [-0.4, -0.2) is 19.5 Å². The molecule has 0 saturated carbocycles. The number of para-hydroxylation sites is 2. The van der Waals surface area contributed by atoms with Crippen LogP contribution >= 0.6 is 11.6 Å². The lowest BCUT2D eigenvalue weighted by molar-refractivity contribution is 0.991. The van der Waals surface area contributed by atoms with Crippen molar-refractivity contribution in [1.82, 2.24) is 19.5 Å². The lowest BCUT2D eigenvalue weighted by Crippen LogP contribution is -2.09. The van der Waals surface area contributed by atoms with Crippen LogP contribution < -0.4 is 11.1 Å². The number of hydrogen-bond acceptors (Lipinski definition) is 5. The summed E-state index contributed by atoms with van der Waals surface area (Å²) in [6.07, 6.45) is 3.19. The van der Waals surface area contributed by atoms with Gasteiger partial charge in [0.25, 0.3) is 0 Å². The molecule has 0 spiro atoms. The van der Waals surface area contributed by atoms with Gasteiger partial charge in [-0.15, -0.1) is 0 Å². The maximum Gasteiger partial charge on any atom is 0.167 e. The molecule has 0 unspecified atom stereocenters. The predicted octanol–water partition coefficient (Wildman–Crippen LogP) is 3.66. The lowest BCUT2D eigenvalue weighted by atomic mass is 10.2. The molecular formula is C18H15ClN6. The number of hydrogen-bond donors (Lipinski definition) is 2. The molecule has 2 heterocycles. The van der Waals surface area contributed by atoms with E-state index in [1.807, 2.05) is 53.1 Å². The molecule has 6 nitrogen and oxygen atoms in total. The van der Waals surface area contributed by atoms with Gasteiger partial charge in [0.2, 0.25) is 0 Å². The maximum absolute atomic E-state index is 6.30. The van der Waals surface area contributed by atoms with Crippen LogP contribution in [0.1, 0.15) is 5.56 Å². The molecule has 0 aliphatic rings. The van der Waals surface area contributed by atoms with E-state index in [2.05, 4.69) is 20.3 Å².